The van der Waals surface area contributed by atoms with Crippen LogP contribution in [0.3, 0.4) is 0 Å². The molecule has 0 atom stereocenters. The minimum atomic E-state index is -3.28. The summed E-state index contributed by atoms with van der Waals surface area (Å²) < 4.78 is 22.1. The molecule has 0 bridgehead atoms. The van der Waals surface area contributed by atoms with Crippen LogP contribution in [-0.4, -0.2) is 19.2 Å². The second kappa shape index (κ2) is 4.57. The van der Waals surface area contributed by atoms with Crippen LogP contribution in [0.2, 0.25) is 0 Å². The molecular weight excluding hydrogens is 237 g/mol. The Balaban J connectivity index is 2.69. The van der Waals surface area contributed by atoms with Gasteiger partial charge in [0, 0.05) is 19.6 Å². The first-order valence-electron chi connectivity index (χ1n) is 5.19. The fourth-order valence-electron chi connectivity index (χ4n) is 1.73. The van der Waals surface area contributed by atoms with Crippen LogP contribution in [-0.2, 0) is 13.6 Å². The highest BCUT2D eigenvalue weighted by Crippen LogP contribution is 2.44. The lowest BCUT2D eigenvalue weighted by atomic mass is 10.1. The number of hydrogen-bond donors (Lipinski definition) is 0. The molecule has 0 saturated heterocycles. The molecule has 0 fully saturated rings. The quantitative estimate of drug-likeness (QED) is 0.787. The van der Waals surface area contributed by atoms with E-state index in [4.69, 9.17) is 9.05 Å². The first-order chi connectivity index (χ1) is 8.10. The van der Waals surface area contributed by atoms with Crippen LogP contribution in [0.1, 0.15) is 5.56 Å². The molecule has 90 valence electrons. The minimum absolute atomic E-state index is 0.346. The number of pyridine rings is 1. The van der Waals surface area contributed by atoms with Crippen molar-refractivity contribution in [1.82, 2.24) is 4.98 Å². The molecule has 0 aliphatic heterocycles. The lowest BCUT2D eigenvalue weighted by Gasteiger charge is -2.14. The van der Waals surface area contributed by atoms with E-state index in [1.807, 2.05) is 31.2 Å². The molecule has 0 N–H and O–H groups in total. The van der Waals surface area contributed by atoms with Gasteiger partial charge in [-0.25, -0.2) is 4.98 Å². The van der Waals surface area contributed by atoms with E-state index in [1.165, 1.54) is 14.2 Å². The maximum Gasteiger partial charge on any atom is 0.379 e. The molecule has 0 amide bonds. The van der Waals surface area contributed by atoms with Crippen LogP contribution >= 0.6 is 7.60 Å². The summed E-state index contributed by atoms with van der Waals surface area (Å²) in [6.45, 7) is 1.95. The van der Waals surface area contributed by atoms with Gasteiger partial charge >= 0.3 is 7.60 Å². The second-order valence-corrected chi connectivity index (χ2v) is 5.86. The Morgan fingerprint density at radius 3 is 2.47 bits per heavy atom. The minimum Gasteiger partial charge on any atom is -0.308 e. The topological polar surface area (TPSA) is 48.4 Å². The predicted molar refractivity (Wildman–Crippen MR) is 67.7 cm³/mol. The molecule has 0 aliphatic carbocycles. The zero-order chi connectivity index (χ0) is 12.5. The van der Waals surface area contributed by atoms with Crippen molar-refractivity contribution in [3.63, 3.8) is 0 Å². The van der Waals surface area contributed by atoms with E-state index >= 15 is 0 Å². The van der Waals surface area contributed by atoms with Crippen molar-refractivity contribution in [2.24, 2.45) is 0 Å². The van der Waals surface area contributed by atoms with E-state index in [9.17, 15) is 4.57 Å². The van der Waals surface area contributed by atoms with E-state index in [0.29, 0.717) is 5.44 Å². The van der Waals surface area contributed by atoms with Crippen LogP contribution in [0.5, 0.6) is 0 Å². The van der Waals surface area contributed by atoms with E-state index in [-0.39, 0.29) is 0 Å². The van der Waals surface area contributed by atoms with E-state index in [1.54, 1.807) is 6.07 Å². The second-order valence-electron chi connectivity index (χ2n) is 3.68. The average molecular weight is 251 g/mol. The van der Waals surface area contributed by atoms with Gasteiger partial charge in [-0.1, -0.05) is 18.2 Å². The van der Waals surface area contributed by atoms with Crippen molar-refractivity contribution < 1.29 is 13.6 Å². The fraction of sp³-hybridized carbons (Fsp3) is 0.250. The number of aromatic nitrogens is 1. The zero-order valence-electron chi connectivity index (χ0n) is 10.0. The summed E-state index contributed by atoms with van der Waals surface area (Å²) in [5.41, 5.74) is 2.13. The maximum absolute atomic E-state index is 12.2. The number of fused-ring (bicyclic) bond motifs is 1. The van der Waals surface area contributed by atoms with Crippen molar-refractivity contribution in [3.8, 4) is 0 Å². The van der Waals surface area contributed by atoms with Gasteiger partial charge in [0.15, 0.2) is 5.44 Å². The van der Waals surface area contributed by atoms with Crippen LogP contribution in [0.15, 0.2) is 30.3 Å². The standard InChI is InChI=1S/C12H14NO3P/c1-9-8-12(17(14,15-2)16-3)13-11-7-5-4-6-10(9)11/h4-8H,1-3H3. The Hall–Kier alpha value is -1.22. The van der Waals surface area contributed by atoms with Gasteiger partial charge in [-0.05, 0) is 24.6 Å². The molecule has 4 nitrogen and oxygen atoms in total. The molecule has 2 rings (SSSR count). The number of benzene rings is 1. The smallest absolute Gasteiger partial charge is 0.308 e. The SMILES string of the molecule is COP(=O)(OC)c1cc(C)c2ccccc2n1. The van der Waals surface area contributed by atoms with Crippen molar-refractivity contribution in [2.45, 2.75) is 6.92 Å². The van der Waals surface area contributed by atoms with Gasteiger partial charge in [0.1, 0.15) is 0 Å². The van der Waals surface area contributed by atoms with Gasteiger partial charge in [0.05, 0.1) is 5.52 Å². The number of nitrogens with zero attached hydrogens (tertiary/aromatic N) is 1. The third kappa shape index (κ3) is 2.12. The lowest BCUT2D eigenvalue weighted by molar-refractivity contribution is 0.286. The summed E-state index contributed by atoms with van der Waals surface area (Å²) >= 11 is 0. The van der Waals surface area contributed by atoms with Crippen molar-refractivity contribution in [3.05, 3.63) is 35.9 Å². The van der Waals surface area contributed by atoms with Crippen LogP contribution in [0.25, 0.3) is 10.9 Å². The predicted octanol–water partition coefficient (Wildman–Crippen LogP) is 2.65. The fourth-order valence-corrected chi connectivity index (χ4v) is 2.84. The number of rotatable bonds is 3. The van der Waals surface area contributed by atoms with Crippen LogP contribution in [0.4, 0.5) is 0 Å². The van der Waals surface area contributed by atoms with Crippen LogP contribution in [0, 0.1) is 6.92 Å². The average Bonchev–Trinajstić information content (AvgIpc) is 2.38. The third-order valence-corrected chi connectivity index (χ3v) is 4.42. The van der Waals surface area contributed by atoms with Crippen molar-refractivity contribution in [1.29, 1.82) is 0 Å². The molecule has 0 radical (unpaired) electrons. The summed E-state index contributed by atoms with van der Waals surface area (Å²) in [5, 5.41) is 1.04. The third-order valence-electron chi connectivity index (χ3n) is 2.67. The van der Waals surface area contributed by atoms with Gasteiger partial charge in [-0.2, -0.15) is 0 Å². The van der Waals surface area contributed by atoms with E-state index in [2.05, 4.69) is 4.98 Å². The molecule has 2 aromatic rings. The summed E-state index contributed by atoms with van der Waals surface area (Å²) in [7, 11) is -0.561. The van der Waals surface area contributed by atoms with Gasteiger partial charge < -0.3 is 9.05 Å². The number of aryl methyl sites for hydroxylation is 1. The number of hydrogen-bond acceptors (Lipinski definition) is 4. The summed E-state index contributed by atoms with van der Waals surface area (Å²) in [6, 6.07) is 9.44. The Labute approximate surface area is 100 Å². The van der Waals surface area contributed by atoms with E-state index in [0.717, 1.165) is 16.5 Å². The molecule has 0 saturated carbocycles. The Kier molecular flexibility index (Phi) is 3.29. The maximum atomic E-state index is 12.2. The molecule has 0 unspecified atom stereocenters. The Morgan fingerprint density at radius 1 is 1.18 bits per heavy atom. The highest BCUT2D eigenvalue weighted by Gasteiger charge is 2.26. The first-order valence-corrected chi connectivity index (χ1v) is 6.73. The first kappa shape index (κ1) is 12.2. The molecule has 1 aromatic carbocycles. The highest BCUT2D eigenvalue weighted by atomic mass is 31.2. The molecule has 5 heteroatoms. The summed E-state index contributed by atoms with van der Waals surface area (Å²) in [4.78, 5) is 4.34. The zero-order valence-corrected chi connectivity index (χ0v) is 10.9. The number of para-hydroxylation sites is 1. The Bertz CT molecular complexity index is 589. The van der Waals surface area contributed by atoms with Crippen LogP contribution < -0.4 is 5.44 Å². The summed E-state index contributed by atoms with van der Waals surface area (Å²) in [6.07, 6.45) is 0. The van der Waals surface area contributed by atoms with Crippen molar-refractivity contribution >= 4 is 23.9 Å². The normalized spacial score (nSPS) is 11.9. The molecule has 0 spiro atoms. The highest BCUT2D eigenvalue weighted by molar-refractivity contribution is 7.61. The molecular formula is C12H14NO3P. The van der Waals surface area contributed by atoms with Gasteiger partial charge in [-0.15, -0.1) is 0 Å². The van der Waals surface area contributed by atoms with Gasteiger partial charge in [-0.3, -0.25) is 4.57 Å². The largest absolute Gasteiger partial charge is 0.379 e. The van der Waals surface area contributed by atoms with Crippen molar-refractivity contribution in [2.75, 3.05) is 14.2 Å². The van der Waals surface area contributed by atoms with E-state index < -0.39 is 7.60 Å². The molecule has 1 heterocycles. The monoisotopic (exact) mass is 251 g/mol. The van der Waals surface area contributed by atoms with Gasteiger partial charge in [0.25, 0.3) is 0 Å². The molecule has 17 heavy (non-hydrogen) atoms. The molecule has 1 aromatic heterocycles. The van der Waals surface area contributed by atoms with Gasteiger partial charge in [0.2, 0.25) is 0 Å². The molecule has 0 aliphatic rings. The summed E-state index contributed by atoms with van der Waals surface area (Å²) in [5.74, 6) is 0. The Morgan fingerprint density at radius 2 is 1.82 bits per heavy atom. The lowest BCUT2D eigenvalue weighted by Crippen LogP contribution is -2.13.